The van der Waals surface area contributed by atoms with Gasteiger partial charge in [-0.25, -0.2) is 4.57 Å². The Morgan fingerprint density at radius 1 is 0.513 bits per heavy atom. The van der Waals surface area contributed by atoms with Crippen molar-refractivity contribution in [2.75, 3.05) is 0 Å². The topological polar surface area (TPSA) is 89.9 Å². The molecule has 0 aromatic carbocycles. The van der Waals surface area contributed by atoms with Crippen LogP contribution in [-0.2, 0) is 23.2 Å². The van der Waals surface area contributed by atoms with Crippen LogP contribution < -0.4 is 0 Å². The van der Waals surface area contributed by atoms with Crippen LogP contribution in [0.3, 0.4) is 0 Å². The Balaban J connectivity index is 3.66. The molecule has 0 heterocycles. The minimum Gasteiger partial charge on any atom is -0.361 e. The molecular weight excluding hydrogens is 511 g/mol. The van der Waals surface area contributed by atoms with Crippen LogP contribution in [0.1, 0.15) is 168 Å². The normalized spacial score (nSPS) is 12.0. The molecule has 6 nitrogen and oxygen atoms in total. The quantitative estimate of drug-likeness (QED) is 0.0571. The molecule has 0 radical (unpaired) electrons. The van der Waals surface area contributed by atoms with Crippen molar-refractivity contribution in [2.45, 2.75) is 168 Å². The molecule has 0 bridgehead atoms. The smallest absolute Gasteiger partial charge is 0.361 e. The van der Waals surface area contributed by atoms with Gasteiger partial charge in [-0.15, -0.1) is 0 Å². The molecule has 0 aromatic heterocycles. The van der Waals surface area contributed by atoms with Crippen LogP contribution in [0.4, 0.5) is 0 Å². The summed E-state index contributed by atoms with van der Waals surface area (Å²) in [6.45, 7) is 4.45. The van der Waals surface area contributed by atoms with E-state index < -0.39 is 19.8 Å². The number of phosphoric acid groups is 1. The number of phosphoric ester groups is 1. The SMILES string of the molecule is CCCCCC/C=C\CCCCCCCC(=O)OP(=O)(O)OC(=O)CCCCCCC/C=C\CCCCCC. The maximum Gasteiger partial charge on any atom is 0.589 e. The Morgan fingerprint density at radius 2 is 0.795 bits per heavy atom. The first-order chi connectivity index (χ1) is 18.9. The van der Waals surface area contributed by atoms with Gasteiger partial charge in [0, 0.05) is 12.8 Å². The summed E-state index contributed by atoms with van der Waals surface area (Å²) in [4.78, 5) is 33.5. The summed E-state index contributed by atoms with van der Waals surface area (Å²) in [6.07, 6.45) is 33.5. The number of allylic oxidation sites excluding steroid dienone is 4. The zero-order valence-corrected chi connectivity index (χ0v) is 26.1. The molecule has 0 aliphatic carbocycles. The highest BCUT2D eigenvalue weighted by Crippen LogP contribution is 2.44. The van der Waals surface area contributed by atoms with E-state index in [2.05, 4.69) is 47.2 Å². The molecule has 228 valence electrons. The van der Waals surface area contributed by atoms with Crippen molar-refractivity contribution < 1.29 is 28.1 Å². The number of rotatable bonds is 28. The van der Waals surface area contributed by atoms with Crippen molar-refractivity contribution >= 4 is 19.8 Å². The molecule has 0 atom stereocenters. The summed E-state index contributed by atoms with van der Waals surface area (Å²) >= 11 is 0. The van der Waals surface area contributed by atoms with Gasteiger partial charge in [-0.1, -0.05) is 115 Å². The van der Waals surface area contributed by atoms with Gasteiger partial charge in [0.1, 0.15) is 0 Å². The number of carbonyl (C=O) groups excluding carboxylic acids is 2. The lowest BCUT2D eigenvalue weighted by atomic mass is 10.1. The van der Waals surface area contributed by atoms with E-state index in [4.69, 9.17) is 0 Å². The molecule has 0 amide bonds. The average molecular weight is 571 g/mol. The van der Waals surface area contributed by atoms with Gasteiger partial charge in [0.15, 0.2) is 0 Å². The molecule has 0 saturated carbocycles. The van der Waals surface area contributed by atoms with E-state index in [9.17, 15) is 19.0 Å². The van der Waals surface area contributed by atoms with Crippen LogP contribution in [0.25, 0.3) is 0 Å². The van der Waals surface area contributed by atoms with Gasteiger partial charge in [0.25, 0.3) is 0 Å². The fraction of sp³-hybridized carbons (Fsp3) is 0.812. The van der Waals surface area contributed by atoms with Crippen molar-refractivity contribution in [1.29, 1.82) is 0 Å². The molecule has 0 aromatic rings. The summed E-state index contributed by atoms with van der Waals surface area (Å²) in [5, 5.41) is 0. The number of hydrogen-bond donors (Lipinski definition) is 1. The van der Waals surface area contributed by atoms with Crippen LogP contribution in [0.15, 0.2) is 24.3 Å². The largest absolute Gasteiger partial charge is 0.589 e. The second kappa shape index (κ2) is 28.1. The van der Waals surface area contributed by atoms with Crippen molar-refractivity contribution in [2.24, 2.45) is 0 Å². The maximum atomic E-state index is 12.0. The highest BCUT2D eigenvalue weighted by Gasteiger charge is 2.30. The van der Waals surface area contributed by atoms with E-state index in [1.807, 2.05) is 0 Å². The monoisotopic (exact) mass is 570 g/mol. The van der Waals surface area contributed by atoms with E-state index in [0.717, 1.165) is 64.2 Å². The highest BCUT2D eigenvalue weighted by atomic mass is 31.2. The summed E-state index contributed by atoms with van der Waals surface area (Å²) in [5.41, 5.74) is 0. The van der Waals surface area contributed by atoms with Crippen LogP contribution >= 0.6 is 7.82 Å². The zero-order valence-electron chi connectivity index (χ0n) is 25.2. The molecule has 0 fully saturated rings. The van der Waals surface area contributed by atoms with E-state index in [-0.39, 0.29) is 12.8 Å². The Morgan fingerprint density at radius 3 is 1.13 bits per heavy atom. The molecule has 0 saturated heterocycles. The number of hydrogen-bond acceptors (Lipinski definition) is 5. The van der Waals surface area contributed by atoms with E-state index >= 15 is 0 Å². The van der Waals surface area contributed by atoms with Gasteiger partial charge in [-0.3, -0.25) is 14.5 Å². The standard InChI is InChI=1S/C32H59O6P/c1-3-5-7-9-11-13-15-17-19-21-23-25-27-29-31(33)37-39(35,36)38-32(34)30-28-26-24-22-20-18-16-14-12-10-8-6-4-2/h13-16H,3-12,17-30H2,1-2H3,(H,35,36)/b15-13-,16-14-. The minimum atomic E-state index is -4.69. The van der Waals surface area contributed by atoms with E-state index in [0.29, 0.717) is 12.8 Å². The second-order valence-corrected chi connectivity index (χ2v) is 12.0. The minimum absolute atomic E-state index is 0.0494. The Kier molecular flexibility index (Phi) is 27.1. The van der Waals surface area contributed by atoms with Crippen LogP contribution in [-0.4, -0.2) is 16.8 Å². The average Bonchev–Trinajstić information content (AvgIpc) is 2.88. The molecule has 0 unspecified atom stereocenters. The molecule has 7 heteroatoms. The molecule has 0 aliphatic rings. The van der Waals surface area contributed by atoms with Gasteiger partial charge in [-0.2, -0.15) is 0 Å². The second-order valence-electron chi connectivity index (χ2n) is 10.6. The summed E-state index contributed by atoms with van der Waals surface area (Å²) in [5.74, 6) is -1.59. The first-order valence-corrected chi connectivity index (χ1v) is 17.5. The summed E-state index contributed by atoms with van der Waals surface area (Å²) in [6, 6.07) is 0. The Hall–Kier alpha value is -1.39. The molecule has 1 N–H and O–H groups in total. The lowest BCUT2D eigenvalue weighted by Crippen LogP contribution is -2.08. The van der Waals surface area contributed by atoms with Crippen molar-refractivity contribution in [3.05, 3.63) is 24.3 Å². The van der Waals surface area contributed by atoms with Crippen LogP contribution in [0.2, 0.25) is 0 Å². The fourth-order valence-electron chi connectivity index (χ4n) is 4.34. The van der Waals surface area contributed by atoms with Gasteiger partial charge in [0.2, 0.25) is 0 Å². The Bertz CT molecular complexity index is 634. The third kappa shape index (κ3) is 29.4. The first-order valence-electron chi connectivity index (χ1n) is 16.0. The molecule has 39 heavy (non-hydrogen) atoms. The highest BCUT2D eigenvalue weighted by molar-refractivity contribution is 7.48. The molecule has 0 aliphatic heterocycles. The van der Waals surface area contributed by atoms with Gasteiger partial charge in [0.05, 0.1) is 0 Å². The maximum absolute atomic E-state index is 12.0. The van der Waals surface area contributed by atoms with Gasteiger partial charge >= 0.3 is 19.8 Å². The van der Waals surface area contributed by atoms with Crippen molar-refractivity contribution in [3.63, 3.8) is 0 Å². The van der Waals surface area contributed by atoms with Gasteiger partial charge in [-0.05, 0) is 64.2 Å². The first kappa shape index (κ1) is 37.6. The third-order valence-corrected chi connectivity index (χ3v) is 7.59. The molecule has 0 rings (SSSR count). The lowest BCUT2D eigenvalue weighted by molar-refractivity contribution is -0.140. The predicted molar refractivity (Wildman–Crippen MR) is 162 cm³/mol. The molecular formula is C32H59O6P. The van der Waals surface area contributed by atoms with E-state index in [1.54, 1.807) is 0 Å². The zero-order chi connectivity index (χ0) is 28.9. The number of unbranched alkanes of at least 4 members (excludes halogenated alkanes) is 18. The lowest BCUT2D eigenvalue weighted by Gasteiger charge is -2.11. The van der Waals surface area contributed by atoms with E-state index in [1.165, 1.54) is 64.2 Å². The summed E-state index contributed by atoms with van der Waals surface area (Å²) in [7, 11) is -4.69. The van der Waals surface area contributed by atoms with Crippen molar-refractivity contribution in [1.82, 2.24) is 0 Å². The van der Waals surface area contributed by atoms with Crippen molar-refractivity contribution in [3.8, 4) is 0 Å². The summed E-state index contributed by atoms with van der Waals surface area (Å²) < 4.78 is 21.1. The fourth-order valence-corrected chi connectivity index (χ4v) is 5.07. The predicted octanol–water partition coefficient (Wildman–Crippen LogP) is 10.7. The molecule has 0 spiro atoms. The van der Waals surface area contributed by atoms with Crippen LogP contribution in [0, 0.1) is 0 Å². The Labute approximate surface area is 240 Å². The third-order valence-electron chi connectivity index (χ3n) is 6.72. The number of carbonyl (C=O) groups is 2. The van der Waals surface area contributed by atoms with Gasteiger partial charge < -0.3 is 9.05 Å². The van der Waals surface area contributed by atoms with Crippen LogP contribution in [0.5, 0.6) is 0 Å².